The van der Waals surface area contributed by atoms with Gasteiger partial charge in [0.15, 0.2) is 4.90 Å². The second-order valence-electron chi connectivity index (χ2n) is 10.7. The van der Waals surface area contributed by atoms with E-state index in [9.17, 15) is 36.4 Å². The van der Waals surface area contributed by atoms with Gasteiger partial charge < -0.3 is 9.66 Å². The molecule has 1 heterocycles. The number of nitrogens with zero attached hydrogens (tertiary/aromatic N) is 1. The van der Waals surface area contributed by atoms with E-state index in [0.29, 0.717) is 22.3 Å². The number of hydrogen-bond donors (Lipinski definition) is 1. The van der Waals surface area contributed by atoms with Crippen molar-refractivity contribution >= 4 is 39.8 Å². The standard InChI is InChI=1S/C36H23ClF5NO3S/c1-19-4-2-7-27(35(41)42)31(19)32-28-18-24(38)11-15-30(28)43(47(46)25-12-8-20(9-13-25)34(39)40)33(32)22-6-3-5-21(16-22)26-14-10-23(36(44)45)17-29(26)37/h2-18,34-35H,1H3,(H,44,45). The van der Waals surface area contributed by atoms with Crippen LogP contribution in [0, 0.1) is 12.7 Å². The van der Waals surface area contributed by atoms with E-state index in [1.807, 2.05) is 0 Å². The first-order valence-electron chi connectivity index (χ1n) is 14.1. The molecule has 1 atom stereocenters. The minimum atomic E-state index is -2.91. The minimum Gasteiger partial charge on any atom is -0.587 e. The van der Waals surface area contributed by atoms with Crippen molar-refractivity contribution in [2.45, 2.75) is 24.7 Å². The lowest BCUT2D eigenvalue weighted by Crippen LogP contribution is -2.14. The largest absolute Gasteiger partial charge is 0.587 e. The van der Waals surface area contributed by atoms with E-state index < -0.39 is 36.0 Å². The Balaban J connectivity index is 1.70. The van der Waals surface area contributed by atoms with Crippen molar-refractivity contribution in [3.05, 3.63) is 136 Å². The van der Waals surface area contributed by atoms with Gasteiger partial charge in [0.2, 0.25) is 0 Å². The summed E-state index contributed by atoms with van der Waals surface area (Å²) in [6.07, 6.45) is -5.65. The molecule has 1 aromatic heterocycles. The Morgan fingerprint density at radius 2 is 1.53 bits per heavy atom. The van der Waals surface area contributed by atoms with Crippen LogP contribution in [0.1, 0.15) is 39.9 Å². The molecule has 0 spiro atoms. The Kier molecular flexibility index (Phi) is 8.84. The molecule has 238 valence electrons. The summed E-state index contributed by atoms with van der Waals surface area (Å²) in [5.41, 5.74) is 2.05. The lowest BCUT2D eigenvalue weighted by Gasteiger charge is -2.18. The molecule has 0 aliphatic rings. The second kappa shape index (κ2) is 12.9. The van der Waals surface area contributed by atoms with Gasteiger partial charge in [0.1, 0.15) is 22.9 Å². The Morgan fingerprint density at radius 1 is 0.830 bits per heavy atom. The molecule has 6 aromatic rings. The zero-order valence-electron chi connectivity index (χ0n) is 24.4. The third-order valence-corrected chi connectivity index (χ3v) is 9.54. The molecule has 5 aromatic carbocycles. The third kappa shape index (κ3) is 6.00. The number of aromatic carboxylic acids is 1. The molecule has 0 aliphatic carbocycles. The predicted molar refractivity (Wildman–Crippen MR) is 173 cm³/mol. The van der Waals surface area contributed by atoms with Gasteiger partial charge in [-0.25, -0.2) is 26.7 Å². The van der Waals surface area contributed by atoms with E-state index in [-0.39, 0.29) is 54.3 Å². The predicted octanol–water partition coefficient (Wildman–Crippen LogP) is 10.9. The Bertz CT molecular complexity index is 2150. The molecule has 0 radical (unpaired) electrons. The van der Waals surface area contributed by atoms with E-state index in [2.05, 4.69) is 0 Å². The fourth-order valence-corrected chi connectivity index (χ4v) is 7.26. The highest BCUT2D eigenvalue weighted by Gasteiger charge is 2.32. The van der Waals surface area contributed by atoms with Gasteiger partial charge in [0, 0.05) is 38.2 Å². The molecular weight excluding hydrogens is 657 g/mol. The van der Waals surface area contributed by atoms with Crippen LogP contribution < -0.4 is 0 Å². The quantitative estimate of drug-likeness (QED) is 0.129. The highest BCUT2D eigenvalue weighted by molar-refractivity contribution is 7.90. The van der Waals surface area contributed by atoms with Gasteiger partial charge in [-0.15, -0.1) is 0 Å². The average molecular weight is 680 g/mol. The third-order valence-electron chi connectivity index (χ3n) is 7.84. The number of carbonyl (C=O) groups is 1. The lowest BCUT2D eigenvalue weighted by molar-refractivity contribution is 0.0696. The number of carboxylic acid groups (broad SMARTS) is 1. The number of rotatable bonds is 8. The molecule has 11 heteroatoms. The number of carboxylic acids is 1. The van der Waals surface area contributed by atoms with Crippen LogP contribution in [0.25, 0.3) is 44.4 Å². The first-order valence-corrected chi connectivity index (χ1v) is 15.6. The van der Waals surface area contributed by atoms with E-state index in [1.165, 1.54) is 58.6 Å². The Labute approximate surface area is 274 Å². The SMILES string of the molecule is Cc1cccc(C(F)F)c1-c1c(-c2cccc(-c3ccc(C(=O)O)cc3Cl)c2)n([S+]([O-])c2ccc(C(F)F)cc2)c2ccc(F)cc12. The zero-order chi connectivity index (χ0) is 33.6. The number of aryl methyl sites for hydroxylation is 1. The summed E-state index contributed by atoms with van der Waals surface area (Å²) in [6, 6.07) is 24.1. The minimum absolute atomic E-state index is 0.0216. The maximum atomic E-state index is 14.9. The summed E-state index contributed by atoms with van der Waals surface area (Å²) in [5, 5.41) is 9.74. The van der Waals surface area contributed by atoms with E-state index in [4.69, 9.17) is 11.6 Å². The molecule has 4 nitrogen and oxygen atoms in total. The number of aromatic nitrogens is 1. The highest BCUT2D eigenvalue weighted by Crippen LogP contribution is 2.47. The number of alkyl halides is 4. The maximum Gasteiger partial charge on any atom is 0.335 e. The lowest BCUT2D eigenvalue weighted by atomic mass is 9.90. The smallest absolute Gasteiger partial charge is 0.335 e. The summed E-state index contributed by atoms with van der Waals surface area (Å²) < 4.78 is 86.6. The van der Waals surface area contributed by atoms with Crippen molar-refractivity contribution in [1.82, 2.24) is 3.97 Å². The topological polar surface area (TPSA) is 65.3 Å². The summed E-state index contributed by atoms with van der Waals surface area (Å²) in [7, 11) is 0. The zero-order valence-corrected chi connectivity index (χ0v) is 25.9. The van der Waals surface area contributed by atoms with E-state index in [1.54, 1.807) is 37.3 Å². The molecule has 47 heavy (non-hydrogen) atoms. The van der Waals surface area contributed by atoms with E-state index in [0.717, 1.165) is 18.2 Å². The molecule has 6 rings (SSSR count). The second-order valence-corrected chi connectivity index (χ2v) is 12.5. The monoisotopic (exact) mass is 679 g/mol. The molecular formula is C36H23ClF5NO3S. The van der Waals surface area contributed by atoms with Crippen LogP contribution in [0.15, 0.2) is 108 Å². The molecule has 1 N–H and O–H groups in total. The molecule has 0 bridgehead atoms. The molecule has 0 fully saturated rings. The van der Waals surface area contributed by atoms with Crippen LogP contribution in [-0.4, -0.2) is 19.6 Å². The van der Waals surface area contributed by atoms with Gasteiger partial charge in [-0.2, -0.15) is 3.97 Å². The average Bonchev–Trinajstić information content (AvgIpc) is 3.38. The Morgan fingerprint density at radius 3 is 2.19 bits per heavy atom. The number of halogens is 6. The summed E-state index contributed by atoms with van der Waals surface area (Å²) in [4.78, 5) is 11.6. The van der Waals surface area contributed by atoms with Crippen LogP contribution in [0.2, 0.25) is 5.02 Å². The molecule has 0 saturated carbocycles. The van der Waals surface area contributed by atoms with Crippen LogP contribution in [-0.2, 0) is 11.4 Å². The van der Waals surface area contributed by atoms with Crippen molar-refractivity contribution in [1.29, 1.82) is 0 Å². The number of fused-ring (bicyclic) bond motifs is 1. The number of hydrogen-bond acceptors (Lipinski definition) is 2. The van der Waals surface area contributed by atoms with Gasteiger partial charge >= 0.3 is 5.97 Å². The normalized spacial score (nSPS) is 12.3. The van der Waals surface area contributed by atoms with Crippen molar-refractivity contribution < 1.29 is 36.4 Å². The Hall–Kier alpha value is -4.64. The van der Waals surface area contributed by atoms with Gasteiger partial charge in [-0.1, -0.05) is 54.1 Å². The number of benzene rings is 5. The van der Waals surface area contributed by atoms with Crippen molar-refractivity contribution in [3.63, 3.8) is 0 Å². The van der Waals surface area contributed by atoms with Crippen LogP contribution >= 0.6 is 11.6 Å². The van der Waals surface area contributed by atoms with Crippen molar-refractivity contribution in [3.8, 4) is 33.5 Å². The fraction of sp³-hybridized carbons (Fsp3) is 0.0833. The van der Waals surface area contributed by atoms with Crippen LogP contribution in [0.4, 0.5) is 22.0 Å². The maximum absolute atomic E-state index is 14.9. The molecule has 0 saturated heterocycles. The summed E-state index contributed by atoms with van der Waals surface area (Å²) in [5.74, 6) is -1.81. The first kappa shape index (κ1) is 32.3. The van der Waals surface area contributed by atoms with Crippen molar-refractivity contribution in [2.75, 3.05) is 0 Å². The first-order chi connectivity index (χ1) is 22.5. The molecule has 1 unspecified atom stereocenters. The summed E-state index contributed by atoms with van der Waals surface area (Å²) >= 11 is 4.36. The van der Waals surface area contributed by atoms with Crippen LogP contribution in [0.3, 0.4) is 0 Å². The van der Waals surface area contributed by atoms with Gasteiger partial charge in [0.25, 0.3) is 12.9 Å². The van der Waals surface area contributed by atoms with Gasteiger partial charge in [0.05, 0.1) is 11.1 Å². The van der Waals surface area contributed by atoms with Crippen molar-refractivity contribution in [2.24, 2.45) is 0 Å². The van der Waals surface area contributed by atoms with Gasteiger partial charge in [-0.3, -0.25) is 0 Å². The van der Waals surface area contributed by atoms with E-state index >= 15 is 0 Å². The molecule has 0 aliphatic heterocycles. The van der Waals surface area contributed by atoms with Gasteiger partial charge in [-0.05, 0) is 84.3 Å². The highest BCUT2D eigenvalue weighted by atomic mass is 35.5. The molecule has 0 amide bonds. The fourth-order valence-electron chi connectivity index (χ4n) is 5.69. The van der Waals surface area contributed by atoms with Crippen LogP contribution in [0.5, 0.6) is 0 Å². The summed E-state index contributed by atoms with van der Waals surface area (Å²) in [6.45, 7) is 1.65.